The molecule has 5 nitrogen and oxygen atoms in total. The van der Waals surface area contributed by atoms with Crippen LogP contribution in [0.1, 0.15) is 27.8 Å². The van der Waals surface area contributed by atoms with Crippen LogP contribution in [0.2, 0.25) is 0 Å². The van der Waals surface area contributed by atoms with Gasteiger partial charge in [0.05, 0.1) is 24.1 Å². The second kappa shape index (κ2) is 7.34. The smallest absolute Gasteiger partial charge is 0.387 e. The van der Waals surface area contributed by atoms with Crippen LogP contribution >= 0.6 is 0 Å². The Morgan fingerprint density at radius 2 is 1.82 bits per heavy atom. The number of benzene rings is 2. The van der Waals surface area contributed by atoms with Crippen molar-refractivity contribution in [1.82, 2.24) is 4.90 Å². The fraction of sp³-hybridized carbons (Fsp3) is 0.190. The van der Waals surface area contributed by atoms with Crippen molar-refractivity contribution in [3.63, 3.8) is 0 Å². The summed E-state index contributed by atoms with van der Waals surface area (Å²) >= 11 is 0. The van der Waals surface area contributed by atoms with Crippen molar-refractivity contribution in [2.75, 3.05) is 11.9 Å². The lowest BCUT2D eigenvalue weighted by atomic mass is 10.0. The summed E-state index contributed by atoms with van der Waals surface area (Å²) < 4.78 is 36.1. The molecule has 28 heavy (non-hydrogen) atoms. The zero-order valence-electron chi connectivity index (χ0n) is 15.1. The number of anilines is 1. The van der Waals surface area contributed by atoms with Gasteiger partial charge in [-0.2, -0.15) is 8.78 Å². The predicted octanol–water partition coefficient (Wildman–Crippen LogP) is 4.67. The Kier molecular flexibility index (Phi) is 4.73. The van der Waals surface area contributed by atoms with Crippen molar-refractivity contribution in [2.45, 2.75) is 19.3 Å². The average molecular weight is 384 g/mol. The molecule has 0 saturated carbocycles. The molecule has 4 rings (SSSR count). The molecule has 144 valence electrons. The minimum absolute atomic E-state index is 0.0333. The zero-order valence-corrected chi connectivity index (χ0v) is 15.1. The van der Waals surface area contributed by atoms with E-state index in [0.717, 1.165) is 5.69 Å². The van der Waals surface area contributed by atoms with E-state index in [1.165, 1.54) is 12.3 Å². The largest absolute Gasteiger partial charge is 0.467 e. The van der Waals surface area contributed by atoms with Crippen molar-refractivity contribution in [3.05, 3.63) is 83.8 Å². The first kappa shape index (κ1) is 18.0. The lowest BCUT2D eigenvalue weighted by Gasteiger charge is -2.44. The number of carbonyl (C=O) groups excluding carboxylic acids is 1. The molecule has 1 aliphatic heterocycles. The van der Waals surface area contributed by atoms with E-state index in [4.69, 9.17) is 9.15 Å². The molecule has 0 fully saturated rings. The van der Waals surface area contributed by atoms with E-state index in [1.54, 1.807) is 47.4 Å². The van der Waals surface area contributed by atoms with Gasteiger partial charge >= 0.3 is 6.61 Å². The highest BCUT2D eigenvalue weighted by atomic mass is 19.3. The van der Waals surface area contributed by atoms with Gasteiger partial charge in [-0.05, 0) is 30.3 Å². The molecule has 0 saturated heterocycles. The molecule has 3 aromatic rings. The van der Waals surface area contributed by atoms with Gasteiger partial charge in [0.2, 0.25) is 0 Å². The van der Waals surface area contributed by atoms with Crippen LogP contribution in [-0.4, -0.2) is 24.5 Å². The Morgan fingerprint density at radius 1 is 1.07 bits per heavy atom. The monoisotopic (exact) mass is 384 g/mol. The van der Waals surface area contributed by atoms with Crippen molar-refractivity contribution < 1.29 is 22.7 Å². The molecule has 2 aromatic carbocycles. The van der Waals surface area contributed by atoms with Crippen LogP contribution in [0.25, 0.3) is 0 Å². The number of para-hydroxylation sites is 2. The van der Waals surface area contributed by atoms with Crippen molar-refractivity contribution in [3.8, 4) is 5.75 Å². The zero-order chi connectivity index (χ0) is 19.7. The summed E-state index contributed by atoms with van der Waals surface area (Å²) in [5, 5.41) is 0. The Bertz CT molecular complexity index is 975. The van der Waals surface area contributed by atoms with Crippen LogP contribution in [0.4, 0.5) is 14.5 Å². The molecule has 0 aliphatic carbocycles. The van der Waals surface area contributed by atoms with Crippen LogP contribution in [0.3, 0.4) is 0 Å². The average Bonchev–Trinajstić information content (AvgIpc) is 3.20. The third-order valence-electron chi connectivity index (χ3n) is 4.76. The van der Waals surface area contributed by atoms with Gasteiger partial charge in [-0.25, -0.2) is 0 Å². The Labute approximate surface area is 160 Å². The molecule has 0 bridgehead atoms. The number of furan rings is 1. The SMILES string of the molecule is CN1c2ccccc2C(=O)N(Cc2ccco2)[C@H]1c1ccccc1OC(F)F. The molecule has 0 N–H and O–H groups in total. The van der Waals surface area contributed by atoms with Gasteiger partial charge in [0.25, 0.3) is 5.91 Å². The lowest BCUT2D eigenvalue weighted by Crippen LogP contribution is -2.47. The summed E-state index contributed by atoms with van der Waals surface area (Å²) in [6.07, 6.45) is 0.895. The maximum atomic E-state index is 13.3. The molecule has 7 heteroatoms. The molecule has 1 amide bonds. The van der Waals surface area contributed by atoms with E-state index >= 15 is 0 Å². The number of ether oxygens (including phenoxy) is 1. The maximum absolute atomic E-state index is 13.3. The van der Waals surface area contributed by atoms with Gasteiger partial charge in [-0.1, -0.05) is 30.3 Å². The number of alkyl halides is 2. The topological polar surface area (TPSA) is 45.9 Å². The first-order chi connectivity index (χ1) is 13.6. The number of carbonyl (C=O) groups is 1. The fourth-order valence-corrected chi connectivity index (χ4v) is 3.57. The third kappa shape index (κ3) is 3.19. The number of rotatable bonds is 5. The number of halogens is 2. The van der Waals surface area contributed by atoms with Crippen LogP contribution in [0.5, 0.6) is 5.75 Å². The quantitative estimate of drug-likeness (QED) is 0.641. The summed E-state index contributed by atoms with van der Waals surface area (Å²) in [6.45, 7) is -2.77. The van der Waals surface area contributed by atoms with Gasteiger partial charge in [-0.3, -0.25) is 4.79 Å². The molecular weight excluding hydrogens is 366 g/mol. The number of fused-ring (bicyclic) bond motifs is 1. The van der Waals surface area contributed by atoms with Gasteiger partial charge < -0.3 is 19.0 Å². The first-order valence-corrected chi connectivity index (χ1v) is 8.75. The number of nitrogens with zero attached hydrogens (tertiary/aromatic N) is 2. The van der Waals surface area contributed by atoms with E-state index in [2.05, 4.69) is 0 Å². The van der Waals surface area contributed by atoms with Crippen LogP contribution < -0.4 is 9.64 Å². The van der Waals surface area contributed by atoms with Crippen LogP contribution in [-0.2, 0) is 6.54 Å². The highest BCUT2D eigenvalue weighted by Gasteiger charge is 2.38. The normalized spacial score (nSPS) is 16.4. The van der Waals surface area contributed by atoms with Crippen molar-refractivity contribution in [1.29, 1.82) is 0 Å². The predicted molar refractivity (Wildman–Crippen MR) is 99.2 cm³/mol. The Balaban J connectivity index is 1.84. The molecular formula is C21H18F2N2O3. The minimum Gasteiger partial charge on any atom is -0.467 e. The first-order valence-electron chi connectivity index (χ1n) is 8.75. The van der Waals surface area contributed by atoms with Gasteiger partial charge in [0.1, 0.15) is 17.7 Å². The third-order valence-corrected chi connectivity index (χ3v) is 4.76. The Morgan fingerprint density at radius 3 is 2.57 bits per heavy atom. The number of hydrogen-bond acceptors (Lipinski definition) is 4. The highest BCUT2D eigenvalue weighted by Crippen LogP contribution is 2.41. The summed E-state index contributed by atoms with van der Waals surface area (Å²) in [7, 11) is 1.82. The second-order valence-electron chi connectivity index (χ2n) is 6.43. The van der Waals surface area contributed by atoms with E-state index in [-0.39, 0.29) is 18.2 Å². The molecule has 0 unspecified atom stereocenters. The van der Waals surface area contributed by atoms with Gasteiger partial charge in [0, 0.05) is 12.6 Å². The minimum atomic E-state index is -2.96. The van der Waals surface area contributed by atoms with E-state index < -0.39 is 12.8 Å². The standard InChI is InChI=1S/C21H18F2N2O3/c1-24-17-10-4-2-8-15(17)20(26)25(13-14-7-6-12-27-14)19(24)16-9-3-5-11-18(16)28-21(22)23/h2-12,19,21H,13H2,1H3/t19-/m0/s1. The molecule has 0 radical (unpaired) electrons. The fourth-order valence-electron chi connectivity index (χ4n) is 3.57. The van der Waals surface area contributed by atoms with Crippen LogP contribution in [0.15, 0.2) is 71.3 Å². The maximum Gasteiger partial charge on any atom is 0.387 e. The number of hydrogen-bond donors (Lipinski definition) is 0. The van der Waals surface area contributed by atoms with Crippen LogP contribution in [0, 0.1) is 0 Å². The van der Waals surface area contributed by atoms with Gasteiger partial charge in [0.15, 0.2) is 0 Å². The molecule has 2 heterocycles. The molecule has 1 aromatic heterocycles. The highest BCUT2D eigenvalue weighted by molar-refractivity contribution is 6.02. The molecule has 1 aliphatic rings. The van der Waals surface area contributed by atoms with Crippen molar-refractivity contribution >= 4 is 11.6 Å². The van der Waals surface area contributed by atoms with E-state index in [0.29, 0.717) is 16.9 Å². The summed E-state index contributed by atoms with van der Waals surface area (Å²) in [6, 6.07) is 17.3. The summed E-state index contributed by atoms with van der Waals surface area (Å²) in [4.78, 5) is 16.7. The van der Waals surface area contributed by atoms with E-state index in [1.807, 2.05) is 24.1 Å². The summed E-state index contributed by atoms with van der Waals surface area (Å²) in [5.74, 6) is 0.423. The van der Waals surface area contributed by atoms with Crippen molar-refractivity contribution in [2.24, 2.45) is 0 Å². The lowest BCUT2D eigenvalue weighted by molar-refractivity contribution is -0.0511. The van der Waals surface area contributed by atoms with E-state index in [9.17, 15) is 13.6 Å². The summed E-state index contributed by atoms with van der Waals surface area (Å²) in [5.41, 5.74) is 1.74. The van der Waals surface area contributed by atoms with Gasteiger partial charge in [-0.15, -0.1) is 0 Å². The number of amides is 1. The molecule has 0 spiro atoms. The Hall–Kier alpha value is -3.35. The second-order valence-corrected chi connectivity index (χ2v) is 6.43. The molecule has 1 atom stereocenters.